The van der Waals surface area contributed by atoms with Gasteiger partial charge in [-0.05, 0) is 36.8 Å². The van der Waals surface area contributed by atoms with E-state index in [1.807, 2.05) is 35.7 Å². The number of benzene rings is 1. The molecule has 154 valence electrons. The maximum Gasteiger partial charge on any atom is 0.263 e. The number of piperidine rings is 1. The van der Waals surface area contributed by atoms with Gasteiger partial charge >= 0.3 is 0 Å². The Labute approximate surface area is 180 Å². The van der Waals surface area contributed by atoms with E-state index in [0.29, 0.717) is 11.9 Å². The van der Waals surface area contributed by atoms with Crippen molar-refractivity contribution in [2.45, 2.75) is 45.2 Å². The molecule has 30 heavy (non-hydrogen) atoms. The number of nitriles is 1. The van der Waals surface area contributed by atoms with E-state index in [4.69, 9.17) is 4.98 Å². The molecule has 1 saturated heterocycles. The molecule has 0 bridgehead atoms. The van der Waals surface area contributed by atoms with Gasteiger partial charge in [0.05, 0.1) is 18.0 Å². The van der Waals surface area contributed by atoms with Crippen molar-refractivity contribution < 1.29 is 0 Å². The Morgan fingerprint density at radius 2 is 1.93 bits per heavy atom. The normalized spacial score (nSPS) is 22.0. The Bertz CT molecular complexity index is 1140. The molecule has 5 rings (SSSR count). The summed E-state index contributed by atoms with van der Waals surface area (Å²) in [6, 6.07) is 12.1. The van der Waals surface area contributed by atoms with E-state index in [1.54, 1.807) is 4.57 Å². The Morgan fingerprint density at radius 3 is 2.73 bits per heavy atom. The summed E-state index contributed by atoms with van der Waals surface area (Å²) in [5.74, 6) is 2.38. The summed E-state index contributed by atoms with van der Waals surface area (Å²) in [7, 11) is 0. The fraction of sp³-hybridized carbons (Fsp3) is 0.458. The molecule has 2 aliphatic rings. The van der Waals surface area contributed by atoms with Gasteiger partial charge in [0, 0.05) is 17.5 Å². The first-order chi connectivity index (χ1) is 14.7. The summed E-state index contributed by atoms with van der Waals surface area (Å²) >= 11 is 1.52. The van der Waals surface area contributed by atoms with Crippen LogP contribution in [0.15, 0.2) is 40.5 Å². The highest BCUT2D eigenvalue weighted by molar-refractivity contribution is 7.17. The van der Waals surface area contributed by atoms with Gasteiger partial charge in [0.2, 0.25) is 0 Å². The number of likely N-dealkylation sites (tertiary alicyclic amines) is 1. The van der Waals surface area contributed by atoms with Crippen LogP contribution in [0.4, 0.5) is 0 Å². The highest BCUT2D eigenvalue weighted by atomic mass is 32.1. The van der Waals surface area contributed by atoms with Crippen molar-refractivity contribution in [1.82, 2.24) is 14.5 Å². The first-order valence-electron chi connectivity index (χ1n) is 10.9. The minimum absolute atomic E-state index is 0.0427. The van der Waals surface area contributed by atoms with Crippen molar-refractivity contribution in [1.29, 1.82) is 5.26 Å². The van der Waals surface area contributed by atoms with Crippen molar-refractivity contribution in [2.24, 2.45) is 11.8 Å². The van der Waals surface area contributed by atoms with Gasteiger partial charge in [-0.2, -0.15) is 5.26 Å². The molecule has 2 fully saturated rings. The molecule has 0 amide bonds. The van der Waals surface area contributed by atoms with Gasteiger partial charge in [0.25, 0.3) is 5.56 Å². The summed E-state index contributed by atoms with van der Waals surface area (Å²) in [6.45, 7) is 2.84. The third kappa shape index (κ3) is 3.57. The zero-order valence-electron chi connectivity index (χ0n) is 17.1. The molecule has 0 spiro atoms. The molecule has 0 N–H and O–H groups in total. The molecule has 1 aromatic carbocycles. The topological polar surface area (TPSA) is 61.9 Å². The van der Waals surface area contributed by atoms with Gasteiger partial charge in [0.15, 0.2) is 0 Å². The predicted molar refractivity (Wildman–Crippen MR) is 120 cm³/mol. The lowest BCUT2D eigenvalue weighted by molar-refractivity contribution is 0.0794. The van der Waals surface area contributed by atoms with Crippen LogP contribution in [0.25, 0.3) is 21.3 Å². The maximum atomic E-state index is 13.4. The van der Waals surface area contributed by atoms with Gasteiger partial charge in [-0.25, -0.2) is 4.98 Å². The summed E-state index contributed by atoms with van der Waals surface area (Å²) in [6.07, 6.45) is 6.66. The summed E-state index contributed by atoms with van der Waals surface area (Å²) < 4.78 is 1.59. The maximum absolute atomic E-state index is 13.4. The highest BCUT2D eigenvalue weighted by Crippen LogP contribution is 2.36. The standard InChI is InChI=1S/C24H26N4OS/c25-11-13-28-21(15-27-12-10-17-6-4-5-9-19(17)14-27)26-23-22(24(28)29)20(16-30-23)18-7-2-1-3-8-18/h1-3,7-8,16-17,19H,4-6,9-10,12-15H2. The first kappa shape index (κ1) is 19.5. The molecule has 3 heterocycles. The smallest absolute Gasteiger partial charge is 0.263 e. The Kier molecular flexibility index (Phi) is 5.41. The molecule has 2 atom stereocenters. The zero-order valence-corrected chi connectivity index (χ0v) is 17.9. The van der Waals surface area contributed by atoms with Crippen molar-refractivity contribution in [3.63, 3.8) is 0 Å². The average molecular weight is 419 g/mol. The minimum atomic E-state index is -0.0933. The van der Waals surface area contributed by atoms with Crippen molar-refractivity contribution in [3.05, 3.63) is 51.9 Å². The van der Waals surface area contributed by atoms with Gasteiger partial charge in [-0.3, -0.25) is 14.3 Å². The number of thiophene rings is 1. The molecule has 2 aromatic heterocycles. The predicted octanol–water partition coefficient (Wildman–Crippen LogP) is 4.66. The number of fused-ring (bicyclic) bond motifs is 2. The van der Waals surface area contributed by atoms with Crippen molar-refractivity contribution >= 4 is 21.6 Å². The van der Waals surface area contributed by atoms with E-state index in [9.17, 15) is 10.1 Å². The SMILES string of the molecule is N#CCn1c(CN2CCC3CCCCC3C2)nc2scc(-c3ccccc3)c2c1=O. The quantitative estimate of drug-likeness (QED) is 0.618. The number of hydrogen-bond acceptors (Lipinski definition) is 5. The molecule has 1 aliphatic heterocycles. The van der Waals surface area contributed by atoms with Crippen LogP contribution in [0.2, 0.25) is 0 Å². The molecule has 0 radical (unpaired) electrons. The van der Waals surface area contributed by atoms with Crippen LogP contribution in [0.1, 0.15) is 37.9 Å². The molecule has 5 nitrogen and oxygen atoms in total. The highest BCUT2D eigenvalue weighted by Gasteiger charge is 2.31. The van der Waals surface area contributed by atoms with Crippen LogP contribution >= 0.6 is 11.3 Å². The van der Waals surface area contributed by atoms with E-state index < -0.39 is 0 Å². The molecular weight excluding hydrogens is 392 g/mol. The summed E-state index contributed by atoms with van der Waals surface area (Å²) in [4.78, 5) is 21.5. The van der Waals surface area contributed by atoms with Crippen LogP contribution in [0, 0.1) is 23.2 Å². The van der Waals surface area contributed by atoms with Gasteiger partial charge in [-0.1, -0.05) is 49.6 Å². The van der Waals surface area contributed by atoms with Crippen LogP contribution in [-0.2, 0) is 13.1 Å². The molecule has 1 saturated carbocycles. The van der Waals surface area contributed by atoms with Gasteiger partial charge in [-0.15, -0.1) is 11.3 Å². The lowest BCUT2D eigenvalue weighted by Gasteiger charge is -2.41. The van der Waals surface area contributed by atoms with Crippen LogP contribution in [0.3, 0.4) is 0 Å². The number of aromatic nitrogens is 2. The second kappa shape index (κ2) is 8.33. The van der Waals surface area contributed by atoms with Crippen LogP contribution in [-0.4, -0.2) is 27.5 Å². The third-order valence-corrected chi connectivity index (χ3v) is 7.70. The fourth-order valence-corrected chi connectivity index (χ4v) is 6.23. The molecule has 6 heteroatoms. The lowest BCUT2D eigenvalue weighted by Crippen LogP contribution is -2.42. The molecular formula is C24H26N4OS. The molecule has 2 unspecified atom stereocenters. The average Bonchev–Trinajstić information content (AvgIpc) is 3.21. The zero-order chi connectivity index (χ0) is 20.5. The van der Waals surface area contributed by atoms with Gasteiger partial charge < -0.3 is 0 Å². The number of rotatable bonds is 4. The number of nitrogens with zero attached hydrogens (tertiary/aromatic N) is 4. The summed E-state index contributed by atoms with van der Waals surface area (Å²) in [5, 5.41) is 12.0. The Balaban J connectivity index is 1.50. The van der Waals surface area contributed by atoms with E-state index >= 15 is 0 Å². The lowest BCUT2D eigenvalue weighted by atomic mass is 9.75. The first-order valence-corrected chi connectivity index (χ1v) is 11.8. The van der Waals surface area contributed by atoms with E-state index in [-0.39, 0.29) is 12.1 Å². The van der Waals surface area contributed by atoms with Gasteiger partial charge in [0.1, 0.15) is 17.2 Å². The fourth-order valence-electron chi connectivity index (χ4n) is 5.27. The van der Waals surface area contributed by atoms with Crippen LogP contribution < -0.4 is 5.56 Å². The Morgan fingerprint density at radius 1 is 1.13 bits per heavy atom. The molecule has 3 aromatic rings. The van der Waals surface area contributed by atoms with E-state index in [2.05, 4.69) is 11.0 Å². The largest absolute Gasteiger partial charge is 0.296 e. The van der Waals surface area contributed by atoms with E-state index in [0.717, 1.165) is 46.7 Å². The monoisotopic (exact) mass is 418 g/mol. The number of hydrogen-bond donors (Lipinski definition) is 0. The minimum Gasteiger partial charge on any atom is -0.296 e. The van der Waals surface area contributed by atoms with Crippen LogP contribution in [0.5, 0.6) is 0 Å². The second-order valence-electron chi connectivity index (χ2n) is 8.60. The van der Waals surface area contributed by atoms with E-state index in [1.165, 1.54) is 43.4 Å². The second-order valence-corrected chi connectivity index (χ2v) is 9.46. The summed E-state index contributed by atoms with van der Waals surface area (Å²) in [5.41, 5.74) is 1.83. The Hall–Kier alpha value is -2.49. The van der Waals surface area contributed by atoms with Crippen molar-refractivity contribution in [2.75, 3.05) is 13.1 Å². The third-order valence-electron chi connectivity index (χ3n) is 6.83. The molecule has 1 aliphatic carbocycles. The van der Waals surface area contributed by atoms with Crippen molar-refractivity contribution in [3.8, 4) is 17.2 Å².